The average Bonchev–Trinajstić information content (AvgIpc) is 3.33. The summed E-state index contributed by atoms with van der Waals surface area (Å²) < 4.78 is 11.0. The molecule has 1 fully saturated rings. The Labute approximate surface area is 185 Å². The monoisotopic (exact) mass is 435 g/mol. The molecule has 2 N–H and O–H groups in total. The molecule has 1 aliphatic rings. The molecule has 166 valence electrons. The van der Waals surface area contributed by atoms with Crippen LogP contribution in [-0.2, 0) is 4.79 Å². The highest BCUT2D eigenvalue weighted by molar-refractivity contribution is 5.92. The SMILES string of the molecule is CC(c1nc(-c2ccccc2)no1)N1CCN(C(=O)COc2ccc(C(N)=O)cc2)CC1. The second kappa shape index (κ2) is 9.61. The van der Waals surface area contributed by atoms with Gasteiger partial charge >= 0.3 is 0 Å². The van der Waals surface area contributed by atoms with Gasteiger partial charge in [0.25, 0.3) is 5.91 Å². The van der Waals surface area contributed by atoms with Crippen LogP contribution < -0.4 is 10.5 Å². The van der Waals surface area contributed by atoms with E-state index in [9.17, 15) is 9.59 Å². The number of aromatic nitrogens is 2. The molecule has 0 radical (unpaired) electrons. The van der Waals surface area contributed by atoms with Gasteiger partial charge in [0.1, 0.15) is 5.75 Å². The Morgan fingerprint density at radius 3 is 2.41 bits per heavy atom. The van der Waals surface area contributed by atoms with Crippen molar-refractivity contribution in [3.63, 3.8) is 0 Å². The third kappa shape index (κ3) is 4.94. The summed E-state index contributed by atoms with van der Waals surface area (Å²) >= 11 is 0. The molecule has 4 rings (SSSR count). The lowest BCUT2D eigenvalue weighted by molar-refractivity contribution is -0.135. The Bertz CT molecular complexity index is 1060. The highest BCUT2D eigenvalue weighted by atomic mass is 16.5. The lowest BCUT2D eigenvalue weighted by Crippen LogP contribution is -2.50. The number of rotatable bonds is 7. The van der Waals surface area contributed by atoms with Crippen molar-refractivity contribution >= 4 is 11.8 Å². The van der Waals surface area contributed by atoms with Gasteiger partial charge in [0.2, 0.25) is 17.6 Å². The van der Waals surface area contributed by atoms with Gasteiger partial charge in [0, 0.05) is 37.3 Å². The maximum atomic E-state index is 12.5. The third-order valence-electron chi connectivity index (χ3n) is 5.55. The van der Waals surface area contributed by atoms with E-state index < -0.39 is 5.91 Å². The van der Waals surface area contributed by atoms with Gasteiger partial charge < -0.3 is 19.9 Å². The number of amides is 2. The summed E-state index contributed by atoms with van der Waals surface area (Å²) in [6.45, 7) is 4.54. The second-order valence-corrected chi connectivity index (χ2v) is 7.59. The molecule has 3 aromatic rings. The highest BCUT2D eigenvalue weighted by Crippen LogP contribution is 2.23. The molecule has 9 nitrogen and oxygen atoms in total. The quantitative estimate of drug-likeness (QED) is 0.604. The maximum absolute atomic E-state index is 12.5. The molecule has 9 heteroatoms. The van der Waals surface area contributed by atoms with Crippen LogP contribution >= 0.6 is 0 Å². The molecule has 0 bridgehead atoms. The van der Waals surface area contributed by atoms with Crippen molar-refractivity contribution in [1.29, 1.82) is 0 Å². The minimum absolute atomic E-state index is 0.0442. The fourth-order valence-electron chi connectivity index (χ4n) is 3.58. The summed E-state index contributed by atoms with van der Waals surface area (Å²) in [6, 6.07) is 16.1. The molecule has 2 heterocycles. The minimum atomic E-state index is -0.503. The Balaban J connectivity index is 1.26. The van der Waals surface area contributed by atoms with Crippen LogP contribution in [0.4, 0.5) is 0 Å². The first-order valence-corrected chi connectivity index (χ1v) is 10.4. The van der Waals surface area contributed by atoms with E-state index in [1.54, 1.807) is 29.2 Å². The molecule has 0 aliphatic carbocycles. The highest BCUT2D eigenvalue weighted by Gasteiger charge is 2.28. The van der Waals surface area contributed by atoms with Gasteiger partial charge in [-0.05, 0) is 31.2 Å². The van der Waals surface area contributed by atoms with Gasteiger partial charge in [-0.2, -0.15) is 4.98 Å². The van der Waals surface area contributed by atoms with E-state index in [0.717, 1.165) is 5.56 Å². The standard InChI is InChI=1S/C23H25N5O4/c1-16(23-25-22(26-32-23)18-5-3-2-4-6-18)27-11-13-28(14-12-27)20(29)15-31-19-9-7-17(8-10-19)21(24)30/h2-10,16H,11-15H2,1H3,(H2,24,30). The third-order valence-corrected chi connectivity index (χ3v) is 5.55. The first kappa shape index (κ1) is 21.5. The second-order valence-electron chi connectivity index (χ2n) is 7.59. The zero-order chi connectivity index (χ0) is 22.5. The first-order valence-electron chi connectivity index (χ1n) is 10.4. The molecule has 1 saturated heterocycles. The number of primary amides is 1. The number of nitrogens with two attached hydrogens (primary N) is 1. The summed E-state index contributed by atoms with van der Waals surface area (Å²) in [4.78, 5) is 32.2. The van der Waals surface area contributed by atoms with Crippen molar-refractivity contribution in [3.05, 3.63) is 66.1 Å². The summed E-state index contributed by atoms with van der Waals surface area (Å²) in [5.41, 5.74) is 6.53. The lowest BCUT2D eigenvalue weighted by atomic mass is 10.2. The number of piperazine rings is 1. The molecule has 1 unspecified atom stereocenters. The van der Waals surface area contributed by atoms with Crippen LogP contribution in [0.1, 0.15) is 29.2 Å². The van der Waals surface area contributed by atoms with Crippen molar-refractivity contribution in [2.24, 2.45) is 5.73 Å². The number of hydrogen-bond donors (Lipinski definition) is 1. The van der Waals surface area contributed by atoms with E-state index in [1.807, 2.05) is 37.3 Å². The Morgan fingerprint density at radius 1 is 1.06 bits per heavy atom. The number of carbonyl (C=O) groups excluding carboxylic acids is 2. The van der Waals surface area contributed by atoms with Crippen LogP contribution in [0.3, 0.4) is 0 Å². The van der Waals surface area contributed by atoms with Crippen LogP contribution in [0.2, 0.25) is 0 Å². The zero-order valence-electron chi connectivity index (χ0n) is 17.8. The van der Waals surface area contributed by atoms with Crippen molar-refractivity contribution in [2.45, 2.75) is 13.0 Å². The fourth-order valence-corrected chi connectivity index (χ4v) is 3.58. The summed E-state index contributed by atoms with van der Waals surface area (Å²) in [5.74, 6) is 1.06. The molecule has 0 saturated carbocycles. The van der Waals surface area contributed by atoms with Gasteiger partial charge in [-0.1, -0.05) is 35.5 Å². The number of nitrogens with zero attached hydrogens (tertiary/aromatic N) is 4. The zero-order valence-corrected chi connectivity index (χ0v) is 17.8. The molecular formula is C23H25N5O4. The van der Waals surface area contributed by atoms with E-state index in [2.05, 4.69) is 15.0 Å². The van der Waals surface area contributed by atoms with Crippen molar-refractivity contribution < 1.29 is 18.8 Å². The largest absolute Gasteiger partial charge is 0.484 e. The van der Waals surface area contributed by atoms with Crippen LogP contribution in [0.15, 0.2) is 59.1 Å². The predicted octanol–water partition coefficient (Wildman–Crippen LogP) is 2.12. The lowest BCUT2D eigenvalue weighted by Gasteiger charge is -2.36. The topological polar surface area (TPSA) is 115 Å². The maximum Gasteiger partial charge on any atom is 0.260 e. The molecule has 0 spiro atoms. The Hall–Kier alpha value is -3.72. The Kier molecular flexibility index (Phi) is 6.46. The average molecular weight is 435 g/mol. The number of carbonyl (C=O) groups is 2. The smallest absolute Gasteiger partial charge is 0.260 e. The molecule has 1 atom stereocenters. The summed E-state index contributed by atoms with van der Waals surface area (Å²) in [6.07, 6.45) is 0. The van der Waals surface area contributed by atoms with Gasteiger partial charge in [-0.15, -0.1) is 0 Å². The molecule has 2 aromatic carbocycles. The van der Waals surface area contributed by atoms with Crippen molar-refractivity contribution in [2.75, 3.05) is 32.8 Å². The minimum Gasteiger partial charge on any atom is -0.484 e. The van der Waals surface area contributed by atoms with Crippen LogP contribution in [0.5, 0.6) is 5.75 Å². The molecular weight excluding hydrogens is 410 g/mol. The normalized spacial score (nSPS) is 15.3. The molecule has 1 aliphatic heterocycles. The van der Waals surface area contributed by atoms with E-state index in [-0.39, 0.29) is 18.6 Å². The van der Waals surface area contributed by atoms with E-state index in [1.165, 1.54) is 0 Å². The summed E-state index contributed by atoms with van der Waals surface area (Å²) in [7, 11) is 0. The summed E-state index contributed by atoms with van der Waals surface area (Å²) in [5, 5.41) is 4.09. The van der Waals surface area contributed by atoms with Gasteiger partial charge in [-0.3, -0.25) is 14.5 Å². The van der Waals surface area contributed by atoms with E-state index in [0.29, 0.717) is 49.2 Å². The van der Waals surface area contributed by atoms with Crippen LogP contribution in [0.25, 0.3) is 11.4 Å². The molecule has 32 heavy (non-hydrogen) atoms. The molecule has 2 amide bonds. The molecule has 1 aromatic heterocycles. The Morgan fingerprint density at radius 2 is 1.75 bits per heavy atom. The van der Waals surface area contributed by atoms with Crippen LogP contribution in [-0.4, -0.2) is 64.5 Å². The number of hydrogen-bond acceptors (Lipinski definition) is 7. The van der Waals surface area contributed by atoms with Gasteiger partial charge in [0.15, 0.2) is 6.61 Å². The van der Waals surface area contributed by atoms with Gasteiger partial charge in [-0.25, -0.2) is 0 Å². The van der Waals surface area contributed by atoms with E-state index >= 15 is 0 Å². The van der Waals surface area contributed by atoms with Crippen molar-refractivity contribution in [1.82, 2.24) is 19.9 Å². The van der Waals surface area contributed by atoms with Gasteiger partial charge in [0.05, 0.1) is 6.04 Å². The van der Waals surface area contributed by atoms with E-state index in [4.69, 9.17) is 15.0 Å². The predicted molar refractivity (Wildman–Crippen MR) is 117 cm³/mol. The number of ether oxygens (including phenoxy) is 1. The van der Waals surface area contributed by atoms with Crippen molar-refractivity contribution in [3.8, 4) is 17.1 Å². The first-order chi connectivity index (χ1) is 15.5. The fraction of sp³-hybridized carbons (Fsp3) is 0.304. The number of benzene rings is 2. The van der Waals surface area contributed by atoms with Crippen LogP contribution in [0, 0.1) is 0 Å².